The number of aliphatic hydroxyl groups is 1. The third kappa shape index (κ3) is 2.21. The molecule has 0 aliphatic heterocycles. The summed E-state index contributed by atoms with van der Waals surface area (Å²) in [6, 6.07) is 0.568. The molecule has 0 bridgehead atoms. The van der Waals surface area contributed by atoms with E-state index < -0.39 is 0 Å². The van der Waals surface area contributed by atoms with E-state index in [4.69, 9.17) is 11.5 Å². The Bertz CT molecular complexity index is 155. The first-order valence-electron chi connectivity index (χ1n) is 4.06. The lowest BCUT2D eigenvalue weighted by Crippen LogP contribution is -2.45. The van der Waals surface area contributed by atoms with Crippen molar-refractivity contribution >= 4 is 0 Å². The van der Waals surface area contributed by atoms with Gasteiger partial charge in [-0.3, -0.25) is 0 Å². The highest BCUT2D eigenvalue weighted by molar-refractivity contribution is 4.89. The van der Waals surface area contributed by atoms with Crippen molar-refractivity contribution in [3.05, 3.63) is 0 Å². The lowest BCUT2D eigenvalue weighted by atomic mass is 9.88. The maximum atomic E-state index is 9.03. The largest absolute Gasteiger partial charge is 0.393 e. The van der Waals surface area contributed by atoms with Gasteiger partial charge in [-0.05, 0) is 19.9 Å². The van der Waals surface area contributed by atoms with E-state index >= 15 is 0 Å². The Labute approximate surface area is 68.2 Å². The van der Waals surface area contributed by atoms with Crippen LogP contribution in [0.25, 0.3) is 0 Å². The molecule has 0 aromatic carbocycles. The average molecular weight is 153 g/mol. The summed E-state index contributed by atoms with van der Waals surface area (Å²) in [6.45, 7) is 0.952. The van der Waals surface area contributed by atoms with E-state index in [-0.39, 0.29) is 6.10 Å². The summed E-state index contributed by atoms with van der Waals surface area (Å²) in [5.74, 6) is 2.61. The number of aliphatic hydroxyl groups excluding tert-OH is 1. The summed E-state index contributed by atoms with van der Waals surface area (Å²) in [7, 11) is 2.06. The van der Waals surface area contributed by atoms with Gasteiger partial charge in [0, 0.05) is 19.0 Å². The van der Waals surface area contributed by atoms with Crippen LogP contribution in [0, 0.1) is 12.3 Å². The standard InChI is InChI=1S/C9H15NO/c1-3-4-5-10(2)8-6-9(11)7-8/h1,8-9,11H,4-7H2,2H3. The van der Waals surface area contributed by atoms with Crippen LogP contribution in [0.3, 0.4) is 0 Å². The Balaban J connectivity index is 2.12. The minimum absolute atomic E-state index is 0.0618. The highest BCUT2D eigenvalue weighted by Gasteiger charge is 2.29. The Kier molecular flexibility index (Phi) is 2.92. The molecule has 1 aliphatic carbocycles. The van der Waals surface area contributed by atoms with Gasteiger partial charge in [0.2, 0.25) is 0 Å². The Morgan fingerprint density at radius 1 is 1.64 bits per heavy atom. The van der Waals surface area contributed by atoms with Crippen molar-refractivity contribution in [2.45, 2.75) is 31.4 Å². The van der Waals surface area contributed by atoms with Gasteiger partial charge in [-0.25, -0.2) is 0 Å². The van der Waals surface area contributed by atoms with Crippen LogP contribution in [-0.2, 0) is 0 Å². The quantitative estimate of drug-likeness (QED) is 0.596. The van der Waals surface area contributed by atoms with Gasteiger partial charge < -0.3 is 10.0 Å². The molecule has 2 heteroatoms. The molecule has 62 valence electrons. The first-order chi connectivity index (χ1) is 5.24. The molecule has 11 heavy (non-hydrogen) atoms. The molecular weight excluding hydrogens is 138 g/mol. The SMILES string of the molecule is C#CCCN(C)C1CC(O)C1. The fourth-order valence-electron chi connectivity index (χ4n) is 1.34. The third-order valence-corrected chi connectivity index (χ3v) is 2.32. The molecule has 2 nitrogen and oxygen atoms in total. The van der Waals surface area contributed by atoms with Crippen molar-refractivity contribution in [3.63, 3.8) is 0 Å². The second-order valence-electron chi connectivity index (χ2n) is 3.21. The van der Waals surface area contributed by atoms with Crippen LogP contribution in [-0.4, -0.2) is 35.7 Å². The van der Waals surface area contributed by atoms with Crippen LogP contribution < -0.4 is 0 Å². The van der Waals surface area contributed by atoms with E-state index in [2.05, 4.69) is 17.9 Å². The molecule has 1 N–H and O–H groups in total. The second kappa shape index (κ2) is 3.75. The Morgan fingerprint density at radius 2 is 2.27 bits per heavy atom. The smallest absolute Gasteiger partial charge is 0.0570 e. The summed E-state index contributed by atoms with van der Waals surface area (Å²) in [5, 5.41) is 9.03. The summed E-state index contributed by atoms with van der Waals surface area (Å²) >= 11 is 0. The maximum absolute atomic E-state index is 9.03. The molecule has 0 heterocycles. The molecule has 0 aromatic rings. The molecule has 1 fully saturated rings. The first kappa shape index (κ1) is 8.58. The monoisotopic (exact) mass is 153 g/mol. The zero-order valence-electron chi connectivity index (χ0n) is 6.95. The lowest BCUT2D eigenvalue weighted by molar-refractivity contribution is 0.0132. The Morgan fingerprint density at radius 3 is 2.73 bits per heavy atom. The number of hydrogen-bond acceptors (Lipinski definition) is 2. The van der Waals surface area contributed by atoms with Crippen LogP contribution in [0.2, 0.25) is 0 Å². The Hall–Kier alpha value is -0.520. The number of nitrogens with zero attached hydrogens (tertiary/aromatic N) is 1. The van der Waals surface area contributed by atoms with E-state index in [0.717, 1.165) is 25.8 Å². The van der Waals surface area contributed by atoms with Gasteiger partial charge in [0.05, 0.1) is 6.10 Å². The van der Waals surface area contributed by atoms with Crippen LogP contribution >= 0.6 is 0 Å². The number of terminal acetylenes is 1. The molecular formula is C9H15NO. The minimum Gasteiger partial charge on any atom is -0.393 e. The molecule has 0 radical (unpaired) electrons. The number of rotatable bonds is 3. The summed E-state index contributed by atoms with van der Waals surface area (Å²) < 4.78 is 0. The highest BCUT2D eigenvalue weighted by Crippen LogP contribution is 2.24. The number of hydrogen-bond donors (Lipinski definition) is 1. The van der Waals surface area contributed by atoms with Gasteiger partial charge in [-0.1, -0.05) is 0 Å². The van der Waals surface area contributed by atoms with Crippen molar-refractivity contribution in [2.24, 2.45) is 0 Å². The van der Waals surface area contributed by atoms with Gasteiger partial charge >= 0.3 is 0 Å². The topological polar surface area (TPSA) is 23.5 Å². The molecule has 1 saturated carbocycles. The van der Waals surface area contributed by atoms with Crippen molar-refractivity contribution in [3.8, 4) is 12.3 Å². The average Bonchev–Trinajstić information content (AvgIpc) is 1.94. The van der Waals surface area contributed by atoms with Crippen LogP contribution in [0.5, 0.6) is 0 Å². The second-order valence-corrected chi connectivity index (χ2v) is 3.21. The van der Waals surface area contributed by atoms with E-state index in [1.54, 1.807) is 0 Å². The van der Waals surface area contributed by atoms with Crippen molar-refractivity contribution < 1.29 is 5.11 Å². The molecule has 1 aliphatic rings. The van der Waals surface area contributed by atoms with Gasteiger partial charge in [0.1, 0.15) is 0 Å². The normalized spacial score (nSPS) is 29.6. The lowest BCUT2D eigenvalue weighted by Gasteiger charge is -2.38. The van der Waals surface area contributed by atoms with Gasteiger partial charge in [-0.2, -0.15) is 0 Å². The molecule has 0 unspecified atom stereocenters. The van der Waals surface area contributed by atoms with Crippen molar-refractivity contribution in [2.75, 3.05) is 13.6 Å². The molecule has 0 spiro atoms. The van der Waals surface area contributed by atoms with Gasteiger partial charge in [0.15, 0.2) is 0 Å². The molecule has 0 aromatic heterocycles. The van der Waals surface area contributed by atoms with E-state index in [0.29, 0.717) is 6.04 Å². The first-order valence-corrected chi connectivity index (χ1v) is 4.06. The van der Waals surface area contributed by atoms with Crippen molar-refractivity contribution in [1.82, 2.24) is 4.90 Å². The molecule has 1 rings (SSSR count). The van der Waals surface area contributed by atoms with E-state index in [1.807, 2.05) is 0 Å². The predicted octanol–water partition coefficient (Wildman–Crippen LogP) is 0.465. The van der Waals surface area contributed by atoms with Crippen LogP contribution in [0.1, 0.15) is 19.3 Å². The van der Waals surface area contributed by atoms with E-state index in [1.165, 1.54) is 0 Å². The van der Waals surface area contributed by atoms with Crippen LogP contribution in [0.4, 0.5) is 0 Å². The maximum Gasteiger partial charge on any atom is 0.0570 e. The highest BCUT2D eigenvalue weighted by atomic mass is 16.3. The van der Waals surface area contributed by atoms with Crippen molar-refractivity contribution in [1.29, 1.82) is 0 Å². The molecule has 0 amide bonds. The van der Waals surface area contributed by atoms with Crippen LogP contribution in [0.15, 0.2) is 0 Å². The van der Waals surface area contributed by atoms with Gasteiger partial charge in [-0.15, -0.1) is 12.3 Å². The fourth-order valence-corrected chi connectivity index (χ4v) is 1.34. The molecule has 0 atom stereocenters. The summed E-state index contributed by atoms with van der Waals surface area (Å²) in [6.07, 6.45) is 7.72. The van der Waals surface area contributed by atoms with Gasteiger partial charge in [0.25, 0.3) is 0 Å². The predicted molar refractivity (Wildman–Crippen MR) is 45.1 cm³/mol. The fraction of sp³-hybridized carbons (Fsp3) is 0.778. The third-order valence-electron chi connectivity index (χ3n) is 2.32. The zero-order valence-corrected chi connectivity index (χ0v) is 6.95. The minimum atomic E-state index is -0.0618. The van der Waals surface area contributed by atoms with E-state index in [9.17, 15) is 0 Å². The zero-order chi connectivity index (χ0) is 8.27. The summed E-state index contributed by atoms with van der Waals surface area (Å²) in [5.41, 5.74) is 0. The molecule has 0 saturated heterocycles. The summed E-state index contributed by atoms with van der Waals surface area (Å²) in [4.78, 5) is 2.23.